The SMILES string of the molecule is CCOCCOc1cccc(NCC(C)Oc2ccc(C(C)C)cc2)c1. The zero-order valence-electron chi connectivity index (χ0n) is 16.3. The van der Waals surface area contributed by atoms with Crippen molar-refractivity contribution in [3.05, 3.63) is 54.1 Å². The van der Waals surface area contributed by atoms with Gasteiger partial charge in [0.05, 0.1) is 13.2 Å². The molecule has 0 aromatic heterocycles. The minimum Gasteiger partial charge on any atom is -0.491 e. The predicted octanol–water partition coefficient (Wildman–Crippen LogP) is 5.10. The number of rotatable bonds is 11. The monoisotopic (exact) mass is 357 g/mol. The van der Waals surface area contributed by atoms with Crippen LogP contribution in [0.15, 0.2) is 48.5 Å². The van der Waals surface area contributed by atoms with Crippen LogP contribution in [0.5, 0.6) is 11.5 Å². The van der Waals surface area contributed by atoms with Crippen LogP contribution in [0.25, 0.3) is 0 Å². The first-order valence-corrected chi connectivity index (χ1v) is 9.39. The third-order valence-corrected chi connectivity index (χ3v) is 4.01. The Hall–Kier alpha value is -2.20. The molecule has 4 nitrogen and oxygen atoms in total. The lowest BCUT2D eigenvalue weighted by atomic mass is 10.0. The van der Waals surface area contributed by atoms with Gasteiger partial charge in [-0.3, -0.25) is 0 Å². The van der Waals surface area contributed by atoms with E-state index < -0.39 is 0 Å². The summed E-state index contributed by atoms with van der Waals surface area (Å²) >= 11 is 0. The van der Waals surface area contributed by atoms with Crippen LogP contribution in [-0.4, -0.2) is 32.5 Å². The third kappa shape index (κ3) is 6.96. The maximum absolute atomic E-state index is 5.98. The molecule has 0 aliphatic carbocycles. The zero-order chi connectivity index (χ0) is 18.8. The first-order chi connectivity index (χ1) is 12.6. The molecular weight excluding hydrogens is 326 g/mol. The second-order valence-corrected chi connectivity index (χ2v) is 6.61. The van der Waals surface area contributed by atoms with Gasteiger partial charge in [0.1, 0.15) is 24.2 Å². The van der Waals surface area contributed by atoms with E-state index in [1.807, 2.05) is 43.3 Å². The fraction of sp³-hybridized carbons (Fsp3) is 0.455. The molecule has 1 N–H and O–H groups in total. The van der Waals surface area contributed by atoms with Gasteiger partial charge in [0.25, 0.3) is 0 Å². The molecule has 0 amide bonds. The van der Waals surface area contributed by atoms with Gasteiger partial charge < -0.3 is 19.5 Å². The van der Waals surface area contributed by atoms with Crippen molar-refractivity contribution in [1.82, 2.24) is 0 Å². The minimum absolute atomic E-state index is 0.0578. The standard InChI is InChI=1S/C22H31NO3/c1-5-24-13-14-25-22-8-6-7-20(15-22)23-16-18(4)26-21-11-9-19(10-12-21)17(2)3/h6-12,15,17-18,23H,5,13-14,16H2,1-4H3. The molecule has 2 aromatic carbocycles. The van der Waals surface area contributed by atoms with Crippen LogP contribution in [0.2, 0.25) is 0 Å². The van der Waals surface area contributed by atoms with E-state index in [-0.39, 0.29) is 6.10 Å². The minimum atomic E-state index is 0.0578. The van der Waals surface area contributed by atoms with E-state index in [4.69, 9.17) is 14.2 Å². The van der Waals surface area contributed by atoms with Gasteiger partial charge in [-0.05, 0) is 49.6 Å². The highest BCUT2D eigenvalue weighted by atomic mass is 16.5. The number of nitrogens with one attached hydrogen (secondary N) is 1. The van der Waals surface area contributed by atoms with Crippen molar-refractivity contribution < 1.29 is 14.2 Å². The summed E-state index contributed by atoms with van der Waals surface area (Å²) < 4.78 is 17.0. The summed E-state index contributed by atoms with van der Waals surface area (Å²) in [4.78, 5) is 0. The van der Waals surface area contributed by atoms with Gasteiger partial charge in [0, 0.05) is 18.4 Å². The Kier molecular flexibility index (Phi) is 8.29. The van der Waals surface area contributed by atoms with Crippen molar-refractivity contribution in [3.8, 4) is 11.5 Å². The molecule has 0 saturated carbocycles. The fourth-order valence-corrected chi connectivity index (χ4v) is 2.53. The molecule has 2 aromatic rings. The van der Waals surface area contributed by atoms with Crippen molar-refractivity contribution in [2.75, 3.05) is 31.7 Å². The van der Waals surface area contributed by atoms with Crippen LogP contribution in [0.3, 0.4) is 0 Å². The maximum atomic E-state index is 5.98. The molecule has 142 valence electrons. The Morgan fingerprint density at radius 2 is 1.69 bits per heavy atom. The molecule has 0 aliphatic heterocycles. The Balaban J connectivity index is 1.78. The molecular formula is C22H31NO3. The van der Waals surface area contributed by atoms with E-state index in [1.165, 1.54) is 5.56 Å². The van der Waals surface area contributed by atoms with E-state index in [0.717, 1.165) is 17.2 Å². The summed E-state index contributed by atoms with van der Waals surface area (Å²) in [6, 6.07) is 16.3. The highest BCUT2D eigenvalue weighted by Gasteiger charge is 2.06. The summed E-state index contributed by atoms with van der Waals surface area (Å²) in [7, 11) is 0. The average Bonchev–Trinajstić information content (AvgIpc) is 2.64. The number of benzene rings is 2. The Morgan fingerprint density at radius 1 is 0.923 bits per heavy atom. The largest absolute Gasteiger partial charge is 0.491 e. The van der Waals surface area contributed by atoms with Gasteiger partial charge in [0.2, 0.25) is 0 Å². The van der Waals surface area contributed by atoms with Gasteiger partial charge in [0.15, 0.2) is 0 Å². The summed E-state index contributed by atoms with van der Waals surface area (Å²) in [5.41, 5.74) is 2.34. The van der Waals surface area contributed by atoms with Crippen molar-refractivity contribution >= 4 is 5.69 Å². The molecule has 0 saturated heterocycles. The van der Waals surface area contributed by atoms with Crippen LogP contribution in [0, 0.1) is 0 Å². The van der Waals surface area contributed by atoms with E-state index in [1.54, 1.807) is 0 Å². The normalized spacial score (nSPS) is 12.0. The summed E-state index contributed by atoms with van der Waals surface area (Å²) in [5.74, 6) is 2.27. The molecule has 0 heterocycles. The molecule has 4 heteroatoms. The van der Waals surface area contributed by atoms with E-state index in [2.05, 4.69) is 38.2 Å². The fourth-order valence-electron chi connectivity index (χ4n) is 2.53. The lowest BCUT2D eigenvalue weighted by molar-refractivity contribution is 0.110. The van der Waals surface area contributed by atoms with Crippen LogP contribution < -0.4 is 14.8 Å². The quantitative estimate of drug-likeness (QED) is 0.568. The Bertz CT molecular complexity index is 640. The van der Waals surface area contributed by atoms with E-state index >= 15 is 0 Å². The highest BCUT2D eigenvalue weighted by molar-refractivity contribution is 5.48. The van der Waals surface area contributed by atoms with Gasteiger partial charge in [-0.1, -0.05) is 32.0 Å². The average molecular weight is 357 g/mol. The van der Waals surface area contributed by atoms with Gasteiger partial charge >= 0.3 is 0 Å². The number of ether oxygens (including phenoxy) is 3. The van der Waals surface area contributed by atoms with Crippen molar-refractivity contribution in [3.63, 3.8) is 0 Å². The van der Waals surface area contributed by atoms with Crippen molar-refractivity contribution in [1.29, 1.82) is 0 Å². The summed E-state index contributed by atoms with van der Waals surface area (Å²) in [6.45, 7) is 11.0. The molecule has 0 bridgehead atoms. The Morgan fingerprint density at radius 3 is 2.38 bits per heavy atom. The lowest BCUT2D eigenvalue weighted by Crippen LogP contribution is -2.22. The topological polar surface area (TPSA) is 39.7 Å². The van der Waals surface area contributed by atoms with E-state index in [9.17, 15) is 0 Å². The molecule has 1 atom stereocenters. The smallest absolute Gasteiger partial charge is 0.121 e. The number of hydrogen-bond donors (Lipinski definition) is 1. The van der Waals surface area contributed by atoms with Crippen LogP contribution in [-0.2, 0) is 4.74 Å². The van der Waals surface area contributed by atoms with Gasteiger partial charge in [-0.15, -0.1) is 0 Å². The predicted molar refractivity (Wildman–Crippen MR) is 108 cm³/mol. The van der Waals surface area contributed by atoms with Crippen LogP contribution in [0.4, 0.5) is 5.69 Å². The van der Waals surface area contributed by atoms with Gasteiger partial charge in [-0.25, -0.2) is 0 Å². The molecule has 2 rings (SSSR count). The molecule has 26 heavy (non-hydrogen) atoms. The van der Waals surface area contributed by atoms with Crippen LogP contribution in [0.1, 0.15) is 39.2 Å². The highest BCUT2D eigenvalue weighted by Crippen LogP contribution is 2.20. The second-order valence-electron chi connectivity index (χ2n) is 6.61. The lowest BCUT2D eigenvalue weighted by Gasteiger charge is -2.17. The number of hydrogen-bond acceptors (Lipinski definition) is 4. The maximum Gasteiger partial charge on any atom is 0.121 e. The van der Waals surface area contributed by atoms with Crippen molar-refractivity contribution in [2.24, 2.45) is 0 Å². The molecule has 0 fully saturated rings. The second kappa shape index (κ2) is 10.7. The molecule has 0 spiro atoms. The zero-order valence-corrected chi connectivity index (χ0v) is 16.3. The molecule has 1 unspecified atom stereocenters. The first-order valence-electron chi connectivity index (χ1n) is 9.39. The first kappa shape index (κ1) is 20.1. The molecule has 0 aliphatic rings. The Labute approximate surface area is 157 Å². The van der Waals surface area contributed by atoms with Crippen LogP contribution >= 0.6 is 0 Å². The summed E-state index contributed by atoms with van der Waals surface area (Å²) in [5, 5.41) is 3.40. The summed E-state index contributed by atoms with van der Waals surface area (Å²) in [6.07, 6.45) is 0.0578. The van der Waals surface area contributed by atoms with E-state index in [0.29, 0.717) is 32.3 Å². The molecule has 0 radical (unpaired) electrons. The number of anilines is 1. The third-order valence-electron chi connectivity index (χ3n) is 4.01. The van der Waals surface area contributed by atoms with Crippen molar-refractivity contribution in [2.45, 2.75) is 39.7 Å². The van der Waals surface area contributed by atoms with Gasteiger partial charge in [-0.2, -0.15) is 0 Å².